The van der Waals surface area contributed by atoms with Crippen molar-refractivity contribution in [2.24, 2.45) is 5.92 Å². The van der Waals surface area contributed by atoms with E-state index in [9.17, 15) is 18.0 Å². The summed E-state index contributed by atoms with van der Waals surface area (Å²) in [6, 6.07) is 4.64. The first-order valence-corrected chi connectivity index (χ1v) is 11.1. The van der Waals surface area contributed by atoms with E-state index in [4.69, 9.17) is 4.74 Å². The Morgan fingerprint density at radius 3 is 2.47 bits per heavy atom. The molecular weight excluding hydrogens is 433 g/mol. The molecule has 0 radical (unpaired) electrons. The molecule has 0 atom stereocenters. The number of thiazole rings is 2. The van der Waals surface area contributed by atoms with Crippen molar-refractivity contribution in [2.75, 3.05) is 0 Å². The smallest absolute Gasteiger partial charge is 0.416 e. The highest BCUT2D eigenvalue weighted by atomic mass is 32.1. The Morgan fingerprint density at radius 2 is 1.87 bits per heavy atom. The van der Waals surface area contributed by atoms with Crippen LogP contribution in [-0.4, -0.2) is 21.9 Å². The molecule has 0 N–H and O–H groups in total. The third kappa shape index (κ3) is 4.57. The Kier molecular flexibility index (Phi) is 5.67. The van der Waals surface area contributed by atoms with E-state index in [0.717, 1.165) is 38.4 Å². The van der Waals surface area contributed by atoms with Gasteiger partial charge in [0, 0.05) is 11.3 Å². The third-order valence-corrected chi connectivity index (χ3v) is 6.99. The maximum atomic E-state index is 12.6. The van der Waals surface area contributed by atoms with Crippen molar-refractivity contribution in [2.45, 2.75) is 45.4 Å². The van der Waals surface area contributed by atoms with Gasteiger partial charge in [0.1, 0.15) is 22.6 Å². The van der Waals surface area contributed by atoms with Crippen LogP contribution in [0, 0.1) is 19.8 Å². The number of hydrogen-bond donors (Lipinski definition) is 0. The Balaban J connectivity index is 1.28. The number of hydrogen-bond acceptors (Lipinski definition) is 6. The summed E-state index contributed by atoms with van der Waals surface area (Å²) in [5, 5.41) is 3.73. The van der Waals surface area contributed by atoms with Crippen LogP contribution in [-0.2, 0) is 17.4 Å². The van der Waals surface area contributed by atoms with Crippen LogP contribution in [0.3, 0.4) is 0 Å². The van der Waals surface area contributed by atoms with Gasteiger partial charge in [-0.3, -0.25) is 4.79 Å². The fraction of sp³-hybridized carbons (Fsp3) is 0.381. The highest BCUT2D eigenvalue weighted by molar-refractivity contribution is 7.16. The predicted octanol–water partition coefficient (Wildman–Crippen LogP) is 5.87. The monoisotopic (exact) mass is 452 g/mol. The summed E-state index contributed by atoms with van der Waals surface area (Å²) in [6.07, 6.45) is -3.07. The molecule has 2 aromatic heterocycles. The first-order chi connectivity index (χ1) is 14.2. The normalized spacial score (nSPS) is 18.8. The lowest BCUT2D eigenvalue weighted by Crippen LogP contribution is -2.38. The molecule has 0 aliphatic heterocycles. The minimum atomic E-state index is -4.36. The topological polar surface area (TPSA) is 52.1 Å². The number of nitrogens with zero attached hydrogens (tertiary/aromatic N) is 2. The lowest BCUT2D eigenvalue weighted by Gasteiger charge is -2.34. The number of halogens is 3. The molecule has 4 rings (SSSR count). The van der Waals surface area contributed by atoms with E-state index in [2.05, 4.69) is 9.97 Å². The summed E-state index contributed by atoms with van der Waals surface area (Å²) in [6.45, 7) is 3.91. The van der Waals surface area contributed by atoms with Crippen LogP contribution < -0.4 is 4.74 Å². The van der Waals surface area contributed by atoms with Crippen molar-refractivity contribution in [1.29, 1.82) is 0 Å². The molecule has 1 saturated carbocycles. The summed E-state index contributed by atoms with van der Waals surface area (Å²) in [5.41, 5.74) is 1.11. The number of ether oxygens (including phenoxy) is 1. The van der Waals surface area contributed by atoms with Crippen molar-refractivity contribution in [3.8, 4) is 16.3 Å². The van der Waals surface area contributed by atoms with Crippen LogP contribution in [0.2, 0.25) is 0 Å². The van der Waals surface area contributed by atoms with Gasteiger partial charge in [-0.1, -0.05) is 0 Å². The van der Waals surface area contributed by atoms with Gasteiger partial charge in [-0.2, -0.15) is 13.2 Å². The van der Waals surface area contributed by atoms with Crippen molar-refractivity contribution in [3.05, 3.63) is 50.9 Å². The molecule has 2 heterocycles. The number of aryl methyl sites for hydroxylation is 2. The minimum Gasteiger partial charge on any atom is -0.490 e. The second-order valence-corrected chi connectivity index (χ2v) is 9.49. The van der Waals surface area contributed by atoms with E-state index in [0.29, 0.717) is 25.0 Å². The van der Waals surface area contributed by atoms with Crippen LogP contribution in [0.15, 0.2) is 29.6 Å². The van der Waals surface area contributed by atoms with Crippen molar-refractivity contribution in [3.63, 3.8) is 0 Å². The van der Waals surface area contributed by atoms with Crippen molar-refractivity contribution < 1.29 is 22.7 Å². The number of carbonyl (C=O) groups excluding carboxylic acids is 1. The van der Waals surface area contributed by atoms with Gasteiger partial charge in [-0.15, -0.1) is 22.7 Å². The standard InChI is InChI=1S/C21H19F3N2O2S2/c1-11-20(30-12(2)25-11)17-10-29-19(26-17)9-18(27)13-7-16(8-13)28-15-5-3-14(4-6-15)21(22,23)24/h3-6,10,13,16H,7-9H2,1-2H3. The third-order valence-electron chi connectivity index (χ3n) is 5.05. The summed E-state index contributed by atoms with van der Waals surface area (Å²) >= 11 is 3.07. The number of ketones is 1. The van der Waals surface area contributed by atoms with Gasteiger partial charge in [0.05, 0.1) is 33.3 Å². The van der Waals surface area contributed by atoms with E-state index in [1.807, 2.05) is 19.2 Å². The second kappa shape index (κ2) is 8.11. The van der Waals surface area contributed by atoms with Crippen LogP contribution >= 0.6 is 22.7 Å². The number of carbonyl (C=O) groups is 1. The molecule has 0 saturated heterocycles. The first-order valence-electron chi connectivity index (χ1n) is 9.44. The van der Waals surface area contributed by atoms with Crippen LogP contribution in [0.1, 0.15) is 34.1 Å². The average molecular weight is 453 g/mol. The average Bonchev–Trinajstić information content (AvgIpc) is 3.22. The second-order valence-electron chi connectivity index (χ2n) is 7.35. The fourth-order valence-electron chi connectivity index (χ4n) is 3.40. The summed E-state index contributed by atoms with van der Waals surface area (Å²) in [7, 11) is 0. The molecule has 0 spiro atoms. The highest BCUT2D eigenvalue weighted by Gasteiger charge is 2.36. The van der Waals surface area contributed by atoms with Crippen molar-refractivity contribution >= 4 is 28.5 Å². The maximum absolute atomic E-state index is 12.6. The van der Waals surface area contributed by atoms with E-state index >= 15 is 0 Å². The fourth-order valence-corrected chi connectivity index (χ4v) is 5.15. The van der Waals surface area contributed by atoms with Gasteiger partial charge in [0.2, 0.25) is 0 Å². The zero-order valence-electron chi connectivity index (χ0n) is 16.3. The lowest BCUT2D eigenvalue weighted by atomic mass is 9.78. The quantitative estimate of drug-likeness (QED) is 0.469. The molecule has 0 bridgehead atoms. The SMILES string of the molecule is Cc1nc(C)c(-c2csc(CC(=O)C3CC(Oc4ccc(C(F)(F)F)cc4)C3)n2)s1. The molecule has 9 heteroatoms. The van der Waals surface area contributed by atoms with E-state index in [-0.39, 0.29) is 17.8 Å². The van der Waals surface area contributed by atoms with E-state index in [1.54, 1.807) is 11.3 Å². The number of aromatic nitrogens is 2. The molecule has 30 heavy (non-hydrogen) atoms. The summed E-state index contributed by atoms with van der Waals surface area (Å²) in [4.78, 5) is 22.6. The molecule has 4 nitrogen and oxygen atoms in total. The highest BCUT2D eigenvalue weighted by Crippen LogP contribution is 2.36. The number of rotatable bonds is 6. The molecule has 1 aliphatic carbocycles. The summed E-state index contributed by atoms with van der Waals surface area (Å²) in [5.74, 6) is 0.420. The molecular formula is C21H19F3N2O2S2. The summed E-state index contributed by atoms with van der Waals surface area (Å²) < 4.78 is 43.5. The van der Waals surface area contributed by atoms with Gasteiger partial charge < -0.3 is 4.74 Å². The van der Waals surface area contributed by atoms with Gasteiger partial charge >= 0.3 is 6.18 Å². The minimum absolute atomic E-state index is 0.0933. The predicted molar refractivity (Wildman–Crippen MR) is 110 cm³/mol. The van der Waals surface area contributed by atoms with E-state index < -0.39 is 11.7 Å². The molecule has 158 valence electrons. The lowest BCUT2D eigenvalue weighted by molar-refractivity contribution is -0.137. The van der Waals surface area contributed by atoms with Crippen LogP contribution in [0.25, 0.3) is 10.6 Å². The first kappa shape index (κ1) is 21.0. The van der Waals surface area contributed by atoms with Crippen molar-refractivity contribution in [1.82, 2.24) is 9.97 Å². The Bertz CT molecular complexity index is 1050. The molecule has 0 amide bonds. The molecule has 1 fully saturated rings. The zero-order chi connectivity index (χ0) is 21.5. The molecule has 1 aromatic carbocycles. The Labute approximate surface area is 179 Å². The zero-order valence-corrected chi connectivity index (χ0v) is 18.0. The van der Waals surface area contributed by atoms with Gasteiger partial charge in [0.15, 0.2) is 0 Å². The molecule has 3 aromatic rings. The maximum Gasteiger partial charge on any atom is 0.416 e. The Hall–Kier alpha value is -2.26. The Morgan fingerprint density at radius 1 is 1.17 bits per heavy atom. The largest absolute Gasteiger partial charge is 0.490 e. The van der Waals surface area contributed by atoms with Crippen LogP contribution in [0.4, 0.5) is 13.2 Å². The molecule has 0 unspecified atom stereocenters. The number of benzene rings is 1. The van der Waals surface area contributed by atoms with Gasteiger partial charge in [-0.25, -0.2) is 9.97 Å². The number of Topliss-reactive ketones (excluding diaryl/α,β-unsaturated/α-hetero) is 1. The van der Waals surface area contributed by atoms with Gasteiger partial charge in [-0.05, 0) is 51.0 Å². The molecule has 1 aliphatic rings. The van der Waals surface area contributed by atoms with Gasteiger partial charge in [0.25, 0.3) is 0 Å². The van der Waals surface area contributed by atoms with E-state index in [1.165, 1.54) is 23.5 Å². The van der Waals surface area contributed by atoms with Crippen LogP contribution in [0.5, 0.6) is 5.75 Å². The number of alkyl halides is 3.